The van der Waals surface area contributed by atoms with Crippen LogP contribution in [0, 0.1) is 13.8 Å². The first kappa shape index (κ1) is 18.1. The number of nitrogens with one attached hydrogen (secondary N) is 3. The summed E-state index contributed by atoms with van der Waals surface area (Å²) in [7, 11) is 0. The normalized spacial score (nSPS) is 16.3. The zero-order valence-electron chi connectivity index (χ0n) is 14.9. The fraction of sp³-hybridized carbons (Fsp3) is 0.263. The number of nitrogens with two attached hydrogens (primary N) is 1. The first-order valence-corrected chi connectivity index (χ1v) is 8.88. The Kier molecular flexibility index (Phi) is 5.63. The van der Waals surface area contributed by atoms with Crippen molar-refractivity contribution >= 4 is 23.4 Å². The zero-order valence-corrected chi connectivity index (χ0v) is 15.6. The molecular weight excluding hydrogens is 348 g/mol. The third-order valence-electron chi connectivity index (χ3n) is 4.30. The van der Waals surface area contributed by atoms with Crippen LogP contribution >= 0.6 is 11.6 Å². The number of aromatic nitrogens is 1. The highest BCUT2D eigenvalue weighted by Gasteiger charge is 2.17. The molecule has 1 aromatic carbocycles. The molecule has 26 heavy (non-hydrogen) atoms. The summed E-state index contributed by atoms with van der Waals surface area (Å²) in [6.45, 7) is 5.63. The van der Waals surface area contributed by atoms with Gasteiger partial charge in [0, 0.05) is 19.3 Å². The molecule has 0 aliphatic carbocycles. The van der Waals surface area contributed by atoms with Crippen LogP contribution in [-0.4, -0.2) is 24.0 Å². The quantitative estimate of drug-likeness (QED) is 0.587. The molecule has 1 aliphatic heterocycles. The Labute approximate surface area is 158 Å². The van der Waals surface area contributed by atoms with E-state index in [0.29, 0.717) is 24.1 Å². The number of halogens is 1. The second-order valence-electron chi connectivity index (χ2n) is 6.17. The van der Waals surface area contributed by atoms with Gasteiger partial charge < -0.3 is 21.7 Å². The number of aryl methyl sites for hydroxylation is 1. The molecule has 0 amide bonds. The minimum atomic E-state index is -0.0930. The van der Waals surface area contributed by atoms with E-state index in [1.54, 1.807) is 6.20 Å². The van der Waals surface area contributed by atoms with Gasteiger partial charge in [0.1, 0.15) is 17.7 Å². The summed E-state index contributed by atoms with van der Waals surface area (Å²) in [4.78, 5) is 8.72. The van der Waals surface area contributed by atoms with Crippen molar-refractivity contribution in [3.8, 4) is 0 Å². The molecular formula is C19H23ClN6. The van der Waals surface area contributed by atoms with E-state index >= 15 is 0 Å². The average Bonchev–Trinajstić information content (AvgIpc) is 2.62. The molecule has 2 aromatic rings. The van der Waals surface area contributed by atoms with Crippen molar-refractivity contribution in [2.24, 2.45) is 10.7 Å². The SMILES string of the molecule is Cc1cccc(C2C=C(NCCNc3ccc(Cl)cn3)NC(N)=N2)c1C. The van der Waals surface area contributed by atoms with E-state index < -0.39 is 0 Å². The summed E-state index contributed by atoms with van der Waals surface area (Å²) < 4.78 is 0. The summed E-state index contributed by atoms with van der Waals surface area (Å²) in [6.07, 6.45) is 3.67. The van der Waals surface area contributed by atoms with Crippen LogP contribution in [0.5, 0.6) is 0 Å². The molecule has 6 nitrogen and oxygen atoms in total. The van der Waals surface area contributed by atoms with Crippen molar-refractivity contribution in [3.05, 3.63) is 70.1 Å². The number of hydrogen-bond acceptors (Lipinski definition) is 6. The van der Waals surface area contributed by atoms with Gasteiger partial charge >= 0.3 is 0 Å². The molecule has 1 aromatic heterocycles. The topological polar surface area (TPSA) is 87.4 Å². The maximum atomic E-state index is 5.97. The van der Waals surface area contributed by atoms with E-state index in [0.717, 1.165) is 17.2 Å². The third-order valence-corrected chi connectivity index (χ3v) is 4.53. The molecule has 0 fully saturated rings. The Hall–Kier alpha value is -2.73. The van der Waals surface area contributed by atoms with Gasteiger partial charge in [-0.3, -0.25) is 0 Å². The van der Waals surface area contributed by atoms with Gasteiger partial charge in [-0.15, -0.1) is 0 Å². The minimum Gasteiger partial charge on any atom is -0.370 e. The number of benzene rings is 1. The second-order valence-corrected chi connectivity index (χ2v) is 6.61. The monoisotopic (exact) mass is 370 g/mol. The molecule has 0 bridgehead atoms. The molecule has 5 N–H and O–H groups in total. The summed E-state index contributed by atoms with van der Waals surface area (Å²) >= 11 is 5.83. The van der Waals surface area contributed by atoms with E-state index in [1.165, 1.54) is 11.1 Å². The lowest BCUT2D eigenvalue weighted by atomic mass is 9.97. The van der Waals surface area contributed by atoms with Crippen LogP contribution in [0.4, 0.5) is 5.82 Å². The Morgan fingerprint density at radius 2 is 1.96 bits per heavy atom. The first-order chi connectivity index (χ1) is 12.5. The van der Waals surface area contributed by atoms with E-state index in [1.807, 2.05) is 12.1 Å². The van der Waals surface area contributed by atoms with Crippen molar-refractivity contribution in [2.45, 2.75) is 19.9 Å². The van der Waals surface area contributed by atoms with Gasteiger partial charge in [0.25, 0.3) is 0 Å². The highest BCUT2D eigenvalue weighted by atomic mass is 35.5. The number of pyridine rings is 1. The molecule has 136 valence electrons. The second kappa shape index (κ2) is 8.10. The van der Waals surface area contributed by atoms with E-state index in [4.69, 9.17) is 17.3 Å². The molecule has 2 heterocycles. The van der Waals surface area contributed by atoms with Crippen molar-refractivity contribution < 1.29 is 0 Å². The van der Waals surface area contributed by atoms with Crippen LogP contribution in [0.15, 0.2) is 53.4 Å². The van der Waals surface area contributed by atoms with Gasteiger partial charge in [0.15, 0.2) is 5.96 Å². The van der Waals surface area contributed by atoms with Gasteiger partial charge in [-0.25, -0.2) is 9.98 Å². The molecule has 1 aliphatic rings. The van der Waals surface area contributed by atoms with Crippen molar-refractivity contribution in [2.75, 3.05) is 18.4 Å². The number of guanidine groups is 1. The first-order valence-electron chi connectivity index (χ1n) is 8.50. The van der Waals surface area contributed by atoms with Crippen LogP contribution < -0.4 is 21.7 Å². The Morgan fingerprint density at radius 3 is 2.73 bits per heavy atom. The number of hydrogen-bond donors (Lipinski definition) is 4. The lowest BCUT2D eigenvalue weighted by Gasteiger charge is -2.23. The average molecular weight is 371 g/mol. The molecule has 1 atom stereocenters. The summed E-state index contributed by atoms with van der Waals surface area (Å²) in [5, 5.41) is 10.3. The van der Waals surface area contributed by atoms with Crippen LogP contribution in [-0.2, 0) is 0 Å². The Bertz CT molecular complexity index is 828. The molecule has 1 unspecified atom stereocenters. The van der Waals surface area contributed by atoms with Crippen LogP contribution in [0.2, 0.25) is 5.02 Å². The maximum Gasteiger partial charge on any atom is 0.195 e. The number of rotatable bonds is 6. The van der Waals surface area contributed by atoms with Gasteiger partial charge in [-0.1, -0.05) is 29.8 Å². The highest BCUT2D eigenvalue weighted by molar-refractivity contribution is 6.30. The lowest BCUT2D eigenvalue weighted by molar-refractivity contribution is 0.724. The molecule has 0 saturated heterocycles. The summed E-state index contributed by atoms with van der Waals surface area (Å²) in [5.41, 5.74) is 9.62. The summed E-state index contributed by atoms with van der Waals surface area (Å²) in [6, 6.07) is 9.81. The van der Waals surface area contributed by atoms with Gasteiger partial charge in [-0.2, -0.15) is 0 Å². The predicted octanol–water partition coefficient (Wildman–Crippen LogP) is 2.85. The van der Waals surface area contributed by atoms with Gasteiger partial charge in [-0.05, 0) is 48.7 Å². The van der Waals surface area contributed by atoms with Crippen LogP contribution in [0.1, 0.15) is 22.7 Å². The largest absolute Gasteiger partial charge is 0.370 e. The smallest absolute Gasteiger partial charge is 0.195 e. The van der Waals surface area contributed by atoms with Crippen molar-refractivity contribution in [1.82, 2.24) is 15.6 Å². The molecule has 7 heteroatoms. The number of aliphatic imine (C=N–C) groups is 1. The summed E-state index contributed by atoms with van der Waals surface area (Å²) in [5.74, 6) is 2.05. The lowest BCUT2D eigenvalue weighted by Crippen LogP contribution is -2.40. The Balaban J connectivity index is 1.60. The van der Waals surface area contributed by atoms with Gasteiger partial charge in [0.2, 0.25) is 0 Å². The third kappa shape index (κ3) is 4.46. The molecule has 0 saturated carbocycles. The maximum absolute atomic E-state index is 5.97. The molecule has 3 rings (SSSR count). The number of anilines is 1. The highest BCUT2D eigenvalue weighted by Crippen LogP contribution is 2.26. The van der Waals surface area contributed by atoms with Crippen LogP contribution in [0.3, 0.4) is 0 Å². The van der Waals surface area contributed by atoms with E-state index in [-0.39, 0.29) is 6.04 Å². The minimum absolute atomic E-state index is 0.0930. The zero-order chi connectivity index (χ0) is 18.5. The molecule has 0 radical (unpaired) electrons. The van der Waals surface area contributed by atoms with Crippen molar-refractivity contribution in [1.29, 1.82) is 0 Å². The standard InChI is InChI=1S/C19H23ClN6/c1-12-4-3-5-15(13(12)2)16-10-18(26-19(21)25-16)23-9-8-22-17-7-6-14(20)11-24-17/h3-7,10-11,16,23H,8-9H2,1-2H3,(H,22,24)(H3,21,25,26). The van der Waals surface area contributed by atoms with Crippen molar-refractivity contribution in [3.63, 3.8) is 0 Å². The van der Waals surface area contributed by atoms with E-state index in [2.05, 4.69) is 64.0 Å². The molecule has 0 spiro atoms. The van der Waals surface area contributed by atoms with E-state index in [9.17, 15) is 0 Å². The predicted molar refractivity (Wildman–Crippen MR) is 107 cm³/mol. The number of nitrogens with zero attached hydrogens (tertiary/aromatic N) is 2. The fourth-order valence-corrected chi connectivity index (χ4v) is 2.89. The fourth-order valence-electron chi connectivity index (χ4n) is 2.78. The van der Waals surface area contributed by atoms with Gasteiger partial charge in [0.05, 0.1) is 5.02 Å². The Morgan fingerprint density at radius 1 is 1.15 bits per heavy atom. The van der Waals surface area contributed by atoms with Crippen LogP contribution in [0.25, 0.3) is 0 Å².